The highest BCUT2D eigenvalue weighted by molar-refractivity contribution is 5.40. The van der Waals surface area contributed by atoms with E-state index in [4.69, 9.17) is 0 Å². The quantitative estimate of drug-likeness (QED) is 0.558. The van der Waals surface area contributed by atoms with Crippen LogP contribution in [0.5, 0.6) is 0 Å². The molecule has 116 valence electrons. The lowest BCUT2D eigenvalue weighted by atomic mass is 10.1. The van der Waals surface area contributed by atoms with E-state index in [9.17, 15) is 31.1 Å². The molecule has 1 fully saturated rings. The van der Waals surface area contributed by atoms with Crippen LogP contribution in [0.2, 0.25) is 0 Å². The average Bonchev–Trinajstić information content (AvgIpc) is 2.78. The normalized spacial score (nSPS) is 26.3. The van der Waals surface area contributed by atoms with Crippen molar-refractivity contribution in [1.29, 1.82) is 0 Å². The number of halogens is 6. The zero-order chi connectivity index (χ0) is 15.8. The van der Waals surface area contributed by atoms with E-state index < -0.39 is 42.2 Å². The minimum Gasteiger partial charge on any atom is -0.463 e. The first kappa shape index (κ1) is 16.8. The highest BCUT2D eigenvalue weighted by Gasteiger charge is 2.60. The molecule has 1 aliphatic carbocycles. The van der Waals surface area contributed by atoms with Gasteiger partial charge in [0.05, 0.1) is 0 Å². The van der Waals surface area contributed by atoms with Crippen molar-refractivity contribution in [2.45, 2.75) is 32.2 Å². The second kappa shape index (κ2) is 5.27. The van der Waals surface area contributed by atoms with E-state index in [1.54, 1.807) is 0 Å². The molecule has 1 saturated carbocycles. The minimum atomic E-state index is -4.99. The van der Waals surface area contributed by atoms with Crippen molar-refractivity contribution in [2.75, 3.05) is 6.61 Å². The smallest absolute Gasteiger partial charge is 0.412 e. The Labute approximate surface area is 110 Å². The van der Waals surface area contributed by atoms with Crippen molar-refractivity contribution < 1.29 is 40.6 Å². The Morgan fingerprint density at radius 3 is 2.25 bits per heavy atom. The van der Waals surface area contributed by atoms with Crippen LogP contribution in [0, 0.1) is 11.3 Å². The minimum absolute atomic E-state index is 0.0937. The first-order valence-electron chi connectivity index (χ1n) is 5.47. The molecule has 1 aliphatic rings. The molecule has 1 rings (SSSR count). The van der Waals surface area contributed by atoms with Crippen LogP contribution in [-0.4, -0.2) is 31.5 Å². The van der Waals surface area contributed by atoms with Crippen molar-refractivity contribution in [3.05, 3.63) is 11.9 Å². The Morgan fingerprint density at radius 1 is 1.25 bits per heavy atom. The van der Waals surface area contributed by atoms with Crippen molar-refractivity contribution in [2.24, 2.45) is 11.3 Å². The number of carbonyl (C=O) groups is 1. The van der Waals surface area contributed by atoms with Crippen molar-refractivity contribution in [3.8, 4) is 0 Å². The Balaban J connectivity index is 2.71. The number of rotatable bonds is 6. The van der Waals surface area contributed by atoms with Gasteiger partial charge in [0.2, 0.25) is 0 Å². The summed E-state index contributed by atoms with van der Waals surface area (Å²) in [6.07, 6.45) is -10.1. The maximum atomic E-state index is 13.3. The Hall–Kier alpha value is -1.25. The third-order valence-corrected chi connectivity index (χ3v) is 3.03. The molecular formula is C11H12F6O3. The van der Waals surface area contributed by atoms with E-state index in [0.717, 1.165) is 0 Å². The van der Waals surface area contributed by atoms with Crippen LogP contribution in [0.25, 0.3) is 0 Å². The van der Waals surface area contributed by atoms with E-state index in [-0.39, 0.29) is 6.47 Å². The second-order valence-corrected chi connectivity index (χ2v) is 4.94. The van der Waals surface area contributed by atoms with Gasteiger partial charge in [-0.2, -0.15) is 22.0 Å². The lowest BCUT2D eigenvalue weighted by molar-refractivity contribution is -0.276. The Bertz CT molecular complexity index is 401. The molecule has 2 unspecified atom stereocenters. The summed E-state index contributed by atoms with van der Waals surface area (Å²) in [6, 6.07) is 0. The monoisotopic (exact) mass is 306 g/mol. The van der Waals surface area contributed by atoms with Crippen LogP contribution in [0.3, 0.4) is 0 Å². The molecule has 0 bridgehead atoms. The number of hydrogen-bond acceptors (Lipinski definition) is 3. The highest BCUT2D eigenvalue weighted by atomic mass is 19.4. The van der Waals surface area contributed by atoms with Gasteiger partial charge in [-0.1, -0.05) is 13.8 Å². The van der Waals surface area contributed by atoms with Crippen molar-refractivity contribution >= 4 is 6.47 Å². The van der Waals surface area contributed by atoms with Crippen LogP contribution in [0.1, 0.15) is 13.8 Å². The van der Waals surface area contributed by atoms with Gasteiger partial charge in [-0.15, -0.1) is 0 Å². The van der Waals surface area contributed by atoms with Gasteiger partial charge in [-0.05, 0) is 6.08 Å². The number of ether oxygens (including phenoxy) is 2. The summed E-state index contributed by atoms with van der Waals surface area (Å²) in [4.78, 5) is 10.1. The molecule has 0 aromatic carbocycles. The molecule has 0 N–H and O–H groups in total. The zero-order valence-electron chi connectivity index (χ0n) is 10.5. The van der Waals surface area contributed by atoms with E-state index in [1.165, 1.54) is 13.8 Å². The van der Waals surface area contributed by atoms with Gasteiger partial charge < -0.3 is 9.47 Å². The SMILES string of the molecule is CC1(C)C(C=C(F)C(F)(F)OCC(F)(F)F)C1OC=O. The second-order valence-electron chi connectivity index (χ2n) is 4.94. The number of hydrogen-bond donors (Lipinski definition) is 0. The molecule has 0 amide bonds. The molecule has 9 heteroatoms. The maximum Gasteiger partial charge on any atom is 0.412 e. The Morgan fingerprint density at radius 2 is 1.80 bits per heavy atom. The third kappa shape index (κ3) is 3.87. The fourth-order valence-corrected chi connectivity index (χ4v) is 1.75. The van der Waals surface area contributed by atoms with E-state index in [0.29, 0.717) is 6.08 Å². The fourth-order valence-electron chi connectivity index (χ4n) is 1.75. The van der Waals surface area contributed by atoms with Gasteiger partial charge in [0.1, 0.15) is 12.7 Å². The zero-order valence-corrected chi connectivity index (χ0v) is 10.5. The van der Waals surface area contributed by atoms with Gasteiger partial charge in [0.15, 0.2) is 5.83 Å². The summed E-state index contributed by atoms with van der Waals surface area (Å²) in [5, 5.41) is 0. The molecule has 0 radical (unpaired) electrons. The molecule has 2 atom stereocenters. The fraction of sp³-hybridized carbons (Fsp3) is 0.727. The largest absolute Gasteiger partial charge is 0.463 e. The topological polar surface area (TPSA) is 35.5 Å². The lowest BCUT2D eigenvalue weighted by Gasteiger charge is -2.16. The van der Waals surface area contributed by atoms with Gasteiger partial charge in [-0.25, -0.2) is 4.39 Å². The summed E-state index contributed by atoms with van der Waals surface area (Å²) in [5.41, 5.74) is -0.766. The predicted molar refractivity (Wildman–Crippen MR) is 54.4 cm³/mol. The summed E-state index contributed by atoms with van der Waals surface area (Å²) in [7, 11) is 0. The van der Waals surface area contributed by atoms with Crippen LogP contribution < -0.4 is 0 Å². The maximum absolute atomic E-state index is 13.3. The predicted octanol–water partition coefficient (Wildman–Crippen LogP) is 3.21. The van der Waals surface area contributed by atoms with Gasteiger partial charge >= 0.3 is 12.3 Å². The van der Waals surface area contributed by atoms with Gasteiger partial charge in [0.25, 0.3) is 6.47 Å². The molecule has 0 heterocycles. The molecule has 0 aromatic heterocycles. The van der Waals surface area contributed by atoms with Crippen LogP contribution in [0.15, 0.2) is 11.9 Å². The average molecular weight is 306 g/mol. The molecule has 0 aliphatic heterocycles. The van der Waals surface area contributed by atoms with E-state index in [1.807, 2.05) is 0 Å². The first-order valence-corrected chi connectivity index (χ1v) is 5.47. The summed E-state index contributed by atoms with van der Waals surface area (Å²) in [5.74, 6) is -3.00. The highest BCUT2D eigenvalue weighted by Crippen LogP contribution is 2.55. The number of carbonyl (C=O) groups excluding carboxylic acids is 1. The van der Waals surface area contributed by atoms with Gasteiger partial charge in [0, 0.05) is 11.3 Å². The van der Waals surface area contributed by atoms with Crippen molar-refractivity contribution in [1.82, 2.24) is 0 Å². The summed E-state index contributed by atoms with van der Waals surface area (Å²) < 4.78 is 82.4. The number of alkyl halides is 5. The third-order valence-electron chi connectivity index (χ3n) is 3.03. The molecular weight excluding hydrogens is 294 g/mol. The molecule has 3 nitrogen and oxygen atoms in total. The van der Waals surface area contributed by atoms with Crippen LogP contribution in [0.4, 0.5) is 26.3 Å². The Kier molecular flexibility index (Phi) is 4.42. The van der Waals surface area contributed by atoms with E-state index in [2.05, 4.69) is 9.47 Å². The van der Waals surface area contributed by atoms with Crippen LogP contribution in [-0.2, 0) is 14.3 Å². The molecule has 0 spiro atoms. The molecule has 0 aromatic rings. The standard InChI is InChI=1S/C11H12F6O3/c1-9(2)6(8(9)19-5-18)3-7(12)11(16,17)20-4-10(13,14)15/h3,5-6,8H,4H2,1-2H3. The van der Waals surface area contributed by atoms with Crippen LogP contribution >= 0.6 is 0 Å². The summed E-state index contributed by atoms with van der Waals surface area (Å²) in [6.45, 7) is 0.884. The lowest BCUT2D eigenvalue weighted by Crippen LogP contribution is -2.29. The molecule has 0 saturated heterocycles. The first-order chi connectivity index (χ1) is 8.92. The van der Waals surface area contributed by atoms with Gasteiger partial charge in [-0.3, -0.25) is 4.79 Å². The van der Waals surface area contributed by atoms with E-state index >= 15 is 0 Å². The molecule has 20 heavy (non-hydrogen) atoms. The summed E-state index contributed by atoms with van der Waals surface area (Å²) >= 11 is 0. The van der Waals surface area contributed by atoms with Crippen molar-refractivity contribution in [3.63, 3.8) is 0 Å².